The molecule has 0 heterocycles. The monoisotopic (exact) mass is 289 g/mol. The molecule has 0 fully saturated rings. The lowest BCUT2D eigenvalue weighted by atomic mass is 10.1. The van der Waals surface area contributed by atoms with Gasteiger partial charge < -0.3 is 10.5 Å². The molecule has 0 aliphatic carbocycles. The highest BCUT2D eigenvalue weighted by Gasteiger charge is 2.05. The van der Waals surface area contributed by atoms with Gasteiger partial charge in [-0.2, -0.15) is 0 Å². The lowest BCUT2D eigenvalue weighted by Crippen LogP contribution is -2.05. The molecule has 2 aromatic rings. The van der Waals surface area contributed by atoms with Crippen LogP contribution in [0.15, 0.2) is 42.5 Å². The van der Waals surface area contributed by atoms with Crippen LogP contribution in [0.3, 0.4) is 0 Å². The molecule has 0 spiro atoms. The first-order chi connectivity index (χ1) is 9.72. The standard InChI is InChI=1S/C17H20ClNO/c1-2-13-3-5-14(6-4-13)12-20-17-8-7-16(18)11-15(17)9-10-19/h3-8,11H,2,9-10,12,19H2,1H3. The number of nitrogens with two attached hydrogens (primary N) is 1. The lowest BCUT2D eigenvalue weighted by molar-refractivity contribution is 0.303. The minimum atomic E-state index is 0.559. The molecule has 2 N–H and O–H groups in total. The van der Waals surface area contributed by atoms with E-state index in [0.29, 0.717) is 18.2 Å². The van der Waals surface area contributed by atoms with Crippen LogP contribution < -0.4 is 10.5 Å². The maximum absolute atomic E-state index is 6.01. The predicted molar refractivity (Wildman–Crippen MR) is 84.4 cm³/mol. The van der Waals surface area contributed by atoms with Gasteiger partial charge >= 0.3 is 0 Å². The first-order valence-electron chi connectivity index (χ1n) is 6.92. The maximum Gasteiger partial charge on any atom is 0.123 e. The number of hydrogen-bond acceptors (Lipinski definition) is 2. The number of ether oxygens (including phenoxy) is 1. The average molecular weight is 290 g/mol. The van der Waals surface area contributed by atoms with Crippen molar-refractivity contribution in [1.82, 2.24) is 0 Å². The summed E-state index contributed by atoms with van der Waals surface area (Å²) in [6, 6.07) is 14.2. The summed E-state index contributed by atoms with van der Waals surface area (Å²) < 4.78 is 5.89. The van der Waals surface area contributed by atoms with E-state index in [2.05, 4.69) is 31.2 Å². The van der Waals surface area contributed by atoms with Crippen molar-refractivity contribution in [2.24, 2.45) is 5.73 Å². The van der Waals surface area contributed by atoms with E-state index in [-0.39, 0.29) is 0 Å². The lowest BCUT2D eigenvalue weighted by Gasteiger charge is -2.12. The Morgan fingerprint density at radius 3 is 2.40 bits per heavy atom. The fourth-order valence-corrected chi connectivity index (χ4v) is 2.27. The molecule has 0 saturated carbocycles. The summed E-state index contributed by atoms with van der Waals surface area (Å²) in [7, 11) is 0. The Kier molecular flexibility index (Phi) is 5.45. The molecule has 0 radical (unpaired) electrons. The summed E-state index contributed by atoms with van der Waals surface area (Å²) in [4.78, 5) is 0. The SMILES string of the molecule is CCc1ccc(COc2ccc(Cl)cc2CCN)cc1. The van der Waals surface area contributed by atoms with Crippen LogP contribution in [0.5, 0.6) is 5.75 Å². The molecule has 20 heavy (non-hydrogen) atoms. The van der Waals surface area contributed by atoms with Gasteiger partial charge in [-0.25, -0.2) is 0 Å². The van der Waals surface area contributed by atoms with Crippen molar-refractivity contribution in [2.45, 2.75) is 26.4 Å². The van der Waals surface area contributed by atoms with Gasteiger partial charge in [-0.05, 0) is 54.3 Å². The third kappa shape index (κ3) is 3.99. The van der Waals surface area contributed by atoms with E-state index < -0.39 is 0 Å². The fourth-order valence-electron chi connectivity index (χ4n) is 2.07. The largest absolute Gasteiger partial charge is 0.489 e. The highest BCUT2D eigenvalue weighted by atomic mass is 35.5. The molecule has 3 heteroatoms. The molecular weight excluding hydrogens is 270 g/mol. The van der Waals surface area contributed by atoms with Gasteiger partial charge in [-0.3, -0.25) is 0 Å². The van der Waals surface area contributed by atoms with Gasteiger partial charge in [0, 0.05) is 5.02 Å². The third-order valence-corrected chi connectivity index (χ3v) is 3.50. The normalized spacial score (nSPS) is 10.6. The molecule has 106 valence electrons. The number of halogens is 1. The molecule has 2 rings (SSSR count). The molecule has 0 unspecified atom stereocenters. The van der Waals surface area contributed by atoms with Crippen LogP contribution in [-0.2, 0) is 19.4 Å². The van der Waals surface area contributed by atoms with Crippen molar-refractivity contribution in [3.63, 3.8) is 0 Å². The summed E-state index contributed by atoms with van der Waals surface area (Å²) in [6.45, 7) is 3.30. The predicted octanol–water partition coefficient (Wildman–Crippen LogP) is 3.98. The van der Waals surface area contributed by atoms with E-state index >= 15 is 0 Å². The zero-order valence-electron chi connectivity index (χ0n) is 11.7. The quantitative estimate of drug-likeness (QED) is 0.873. The van der Waals surface area contributed by atoms with E-state index in [1.54, 1.807) is 0 Å². The Labute approximate surface area is 125 Å². The van der Waals surface area contributed by atoms with Crippen LogP contribution in [0.2, 0.25) is 5.02 Å². The van der Waals surface area contributed by atoms with Gasteiger partial charge in [0.05, 0.1) is 0 Å². The van der Waals surface area contributed by atoms with E-state index in [1.807, 2.05) is 18.2 Å². The summed E-state index contributed by atoms with van der Waals surface area (Å²) in [5.74, 6) is 0.861. The van der Waals surface area contributed by atoms with Crippen LogP contribution >= 0.6 is 11.6 Å². The number of benzene rings is 2. The molecule has 0 atom stereocenters. The Morgan fingerprint density at radius 2 is 1.75 bits per heavy atom. The average Bonchev–Trinajstić information content (AvgIpc) is 2.47. The first kappa shape index (κ1) is 14.9. The Hall–Kier alpha value is -1.51. The number of hydrogen-bond donors (Lipinski definition) is 1. The second kappa shape index (κ2) is 7.32. The summed E-state index contributed by atoms with van der Waals surface area (Å²) >= 11 is 6.01. The van der Waals surface area contributed by atoms with Crippen LogP contribution in [0.1, 0.15) is 23.6 Å². The van der Waals surface area contributed by atoms with Gasteiger partial charge in [-0.1, -0.05) is 42.8 Å². The van der Waals surface area contributed by atoms with Gasteiger partial charge in [0.2, 0.25) is 0 Å². The third-order valence-electron chi connectivity index (χ3n) is 3.26. The molecule has 0 bridgehead atoms. The maximum atomic E-state index is 6.01. The number of aryl methyl sites for hydroxylation is 1. The molecular formula is C17H20ClNO. The van der Waals surface area contributed by atoms with Gasteiger partial charge in [-0.15, -0.1) is 0 Å². The topological polar surface area (TPSA) is 35.2 Å². The minimum absolute atomic E-state index is 0.559. The fraction of sp³-hybridized carbons (Fsp3) is 0.294. The van der Waals surface area contributed by atoms with Crippen LogP contribution in [0, 0.1) is 0 Å². The summed E-state index contributed by atoms with van der Waals surface area (Å²) in [6.07, 6.45) is 1.82. The smallest absolute Gasteiger partial charge is 0.123 e. The molecule has 0 amide bonds. The highest BCUT2D eigenvalue weighted by molar-refractivity contribution is 6.30. The van der Waals surface area contributed by atoms with Crippen molar-refractivity contribution in [3.05, 3.63) is 64.2 Å². The van der Waals surface area contributed by atoms with E-state index in [9.17, 15) is 0 Å². The molecule has 2 nitrogen and oxygen atoms in total. The second-order valence-corrected chi connectivity index (χ2v) is 5.19. The van der Waals surface area contributed by atoms with Crippen molar-refractivity contribution in [3.8, 4) is 5.75 Å². The van der Waals surface area contributed by atoms with Crippen molar-refractivity contribution >= 4 is 11.6 Å². The Bertz CT molecular complexity index is 551. The Balaban J connectivity index is 2.05. The zero-order valence-corrected chi connectivity index (χ0v) is 12.5. The second-order valence-electron chi connectivity index (χ2n) is 4.75. The van der Waals surface area contributed by atoms with Crippen molar-refractivity contribution < 1.29 is 4.74 Å². The molecule has 2 aromatic carbocycles. The van der Waals surface area contributed by atoms with E-state index in [1.165, 1.54) is 5.56 Å². The van der Waals surface area contributed by atoms with Crippen LogP contribution in [0.25, 0.3) is 0 Å². The van der Waals surface area contributed by atoms with Crippen molar-refractivity contribution in [1.29, 1.82) is 0 Å². The number of rotatable bonds is 6. The molecule has 0 aliphatic heterocycles. The highest BCUT2D eigenvalue weighted by Crippen LogP contribution is 2.24. The minimum Gasteiger partial charge on any atom is -0.489 e. The van der Waals surface area contributed by atoms with Gasteiger partial charge in [0.15, 0.2) is 0 Å². The van der Waals surface area contributed by atoms with Gasteiger partial charge in [0.1, 0.15) is 12.4 Å². The van der Waals surface area contributed by atoms with Crippen molar-refractivity contribution in [2.75, 3.05) is 6.54 Å². The van der Waals surface area contributed by atoms with Gasteiger partial charge in [0.25, 0.3) is 0 Å². The van der Waals surface area contributed by atoms with Crippen LogP contribution in [-0.4, -0.2) is 6.54 Å². The van der Waals surface area contributed by atoms with E-state index in [4.69, 9.17) is 22.1 Å². The molecule has 0 saturated heterocycles. The Morgan fingerprint density at radius 1 is 1.05 bits per heavy atom. The summed E-state index contributed by atoms with van der Waals surface area (Å²) in [5, 5.41) is 0.716. The zero-order chi connectivity index (χ0) is 14.4. The summed E-state index contributed by atoms with van der Waals surface area (Å²) in [5.41, 5.74) is 9.18. The molecule has 0 aliphatic rings. The van der Waals surface area contributed by atoms with E-state index in [0.717, 1.165) is 29.7 Å². The first-order valence-corrected chi connectivity index (χ1v) is 7.30. The van der Waals surface area contributed by atoms with Crippen LogP contribution in [0.4, 0.5) is 0 Å². The molecule has 0 aromatic heterocycles.